The van der Waals surface area contributed by atoms with Crippen molar-refractivity contribution in [2.24, 2.45) is 0 Å². The fourth-order valence-corrected chi connectivity index (χ4v) is 2.23. The van der Waals surface area contributed by atoms with Gasteiger partial charge < -0.3 is 9.47 Å². The first kappa shape index (κ1) is 13.5. The van der Waals surface area contributed by atoms with Crippen molar-refractivity contribution in [1.82, 2.24) is 4.90 Å². The number of hydrogen-bond donors (Lipinski definition) is 0. The number of ether oxygens (including phenoxy) is 2. The molecule has 0 radical (unpaired) electrons. The number of nitrogens with zero attached hydrogens (tertiary/aromatic N) is 1. The second kappa shape index (κ2) is 7.52. The molecule has 18 heavy (non-hydrogen) atoms. The van der Waals surface area contributed by atoms with E-state index in [9.17, 15) is 0 Å². The predicted molar refractivity (Wildman–Crippen MR) is 72.6 cm³/mol. The highest BCUT2D eigenvalue weighted by Crippen LogP contribution is 2.10. The van der Waals surface area contributed by atoms with Gasteiger partial charge in [0.2, 0.25) is 0 Å². The van der Waals surface area contributed by atoms with E-state index in [1.165, 1.54) is 5.56 Å². The topological polar surface area (TPSA) is 21.7 Å². The largest absolute Gasteiger partial charge is 0.379 e. The molecule has 1 aliphatic rings. The molecule has 1 aromatic rings. The number of benzene rings is 1. The third-order valence-corrected chi connectivity index (χ3v) is 3.12. The van der Waals surface area contributed by atoms with E-state index in [4.69, 9.17) is 9.47 Å². The van der Waals surface area contributed by atoms with Crippen LogP contribution < -0.4 is 0 Å². The van der Waals surface area contributed by atoms with Crippen LogP contribution in [0.2, 0.25) is 0 Å². The number of hydrogen-bond acceptors (Lipinski definition) is 3. The van der Waals surface area contributed by atoms with Crippen LogP contribution in [-0.2, 0) is 16.0 Å². The zero-order valence-corrected chi connectivity index (χ0v) is 11.2. The van der Waals surface area contributed by atoms with E-state index in [0.717, 1.165) is 45.9 Å². The molecular formula is C15H23NO2. The van der Waals surface area contributed by atoms with Crippen LogP contribution in [0.3, 0.4) is 0 Å². The van der Waals surface area contributed by atoms with E-state index >= 15 is 0 Å². The molecule has 0 spiro atoms. The second-order valence-electron chi connectivity index (χ2n) is 4.79. The highest BCUT2D eigenvalue weighted by Gasteiger charge is 2.20. The van der Waals surface area contributed by atoms with Crippen molar-refractivity contribution < 1.29 is 9.47 Å². The summed E-state index contributed by atoms with van der Waals surface area (Å²) in [5.41, 5.74) is 1.37. The van der Waals surface area contributed by atoms with Crippen molar-refractivity contribution in [2.45, 2.75) is 26.0 Å². The number of rotatable bonds is 6. The Morgan fingerprint density at radius 2 is 2.17 bits per heavy atom. The zero-order valence-electron chi connectivity index (χ0n) is 11.2. The maximum Gasteiger partial charge on any atom is 0.0935 e. The highest BCUT2D eigenvalue weighted by atomic mass is 16.5. The van der Waals surface area contributed by atoms with Crippen molar-refractivity contribution in [2.75, 3.05) is 32.9 Å². The predicted octanol–water partition coefficient (Wildman–Crippen LogP) is 2.31. The quantitative estimate of drug-likeness (QED) is 0.722. The van der Waals surface area contributed by atoms with Gasteiger partial charge in [-0.1, -0.05) is 37.3 Å². The summed E-state index contributed by atoms with van der Waals surface area (Å²) in [5, 5.41) is 0. The van der Waals surface area contributed by atoms with Gasteiger partial charge in [0.25, 0.3) is 0 Å². The third-order valence-electron chi connectivity index (χ3n) is 3.12. The fourth-order valence-electron chi connectivity index (χ4n) is 2.23. The molecule has 1 unspecified atom stereocenters. The molecule has 0 bridgehead atoms. The summed E-state index contributed by atoms with van der Waals surface area (Å²) in [6.45, 7) is 7.49. The summed E-state index contributed by atoms with van der Waals surface area (Å²) in [7, 11) is 0. The maximum absolute atomic E-state index is 5.73. The first-order valence-electron chi connectivity index (χ1n) is 6.84. The van der Waals surface area contributed by atoms with Crippen LogP contribution in [0.15, 0.2) is 30.3 Å². The van der Waals surface area contributed by atoms with Crippen LogP contribution in [0.4, 0.5) is 0 Å². The van der Waals surface area contributed by atoms with Crippen molar-refractivity contribution >= 4 is 0 Å². The molecule has 0 amide bonds. The normalized spacial score (nSPS) is 21.1. The second-order valence-corrected chi connectivity index (χ2v) is 4.79. The van der Waals surface area contributed by atoms with Gasteiger partial charge in [0, 0.05) is 26.2 Å². The molecule has 0 aromatic heterocycles. The number of morpholine rings is 1. The molecule has 1 heterocycles. The molecule has 100 valence electrons. The molecular weight excluding hydrogens is 226 g/mol. The van der Waals surface area contributed by atoms with Gasteiger partial charge in [-0.05, 0) is 12.0 Å². The molecule has 3 heteroatoms. The summed E-state index contributed by atoms with van der Waals surface area (Å²) in [6, 6.07) is 10.6. The molecule has 1 fully saturated rings. The summed E-state index contributed by atoms with van der Waals surface area (Å²) in [6.07, 6.45) is 1.30. The standard InChI is InChI=1S/C15H23NO2/c1-2-9-17-13-15-12-16(8-10-18-15)11-14-6-4-3-5-7-14/h3-7,15H,2,8-13H2,1H3. The lowest BCUT2D eigenvalue weighted by Gasteiger charge is -2.32. The SMILES string of the molecule is CCCOCC1CN(Cc2ccccc2)CCO1. The van der Waals surface area contributed by atoms with Gasteiger partial charge in [-0.2, -0.15) is 0 Å². The minimum Gasteiger partial charge on any atom is -0.379 e. The zero-order chi connectivity index (χ0) is 12.6. The van der Waals surface area contributed by atoms with Gasteiger partial charge in [-0.25, -0.2) is 0 Å². The van der Waals surface area contributed by atoms with Crippen LogP contribution >= 0.6 is 0 Å². The lowest BCUT2D eigenvalue weighted by molar-refractivity contribution is -0.0709. The molecule has 0 N–H and O–H groups in total. The highest BCUT2D eigenvalue weighted by molar-refractivity contribution is 5.14. The molecule has 0 saturated carbocycles. The lowest BCUT2D eigenvalue weighted by Crippen LogP contribution is -2.43. The Bertz CT molecular complexity index is 329. The van der Waals surface area contributed by atoms with Crippen LogP contribution in [0, 0.1) is 0 Å². The fraction of sp³-hybridized carbons (Fsp3) is 0.600. The Morgan fingerprint density at radius 3 is 2.94 bits per heavy atom. The van der Waals surface area contributed by atoms with Crippen molar-refractivity contribution in [1.29, 1.82) is 0 Å². The minimum absolute atomic E-state index is 0.231. The Hall–Kier alpha value is -0.900. The summed E-state index contributed by atoms with van der Waals surface area (Å²) < 4.78 is 11.3. The van der Waals surface area contributed by atoms with Crippen LogP contribution in [0.5, 0.6) is 0 Å². The average molecular weight is 249 g/mol. The van der Waals surface area contributed by atoms with Crippen LogP contribution in [0.1, 0.15) is 18.9 Å². The third kappa shape index (κ3) is 4.41. The molecule has 1 aromatic carbocycles. The molecule has 1 saturated heterocycles. The summed E-state index contributed by atoms with van der Waals surface area (Å²) >= 11 is 0. The van der Waals surface area contributed by atoms with Gasteiger partial charge in [0.15, 0.2) is 0 Å². The van der Waals surface area contributed by atoms with Crippen LogP contribution in [-0.4, -0.2) is 43.9 Å². The Balaban J connectivity index is 1.76. The summed E-state index contributed by atoms with van der Waals surface area (Å²) in [5.74, 6) is 0. The van der Waals surface area contributed by atoms with Crippen molar-refractivity contribution in [3.05, 3.63) is 35.9 Å². The van der Waals surface area contributed by atoms with E-state index in [1.54, 1.807) is 0 Å². The van der Waals surface area contributed by atoms with Crippen molar-refractivity contribution in [3.8, 4) is 0 Å². The van der Waals surface area contributed by atoms with Gasteiger partial charge in [-0.15, -0.1) is 0 Å². The van der Waals surface area contributed by atoms with Gasteiger partial charge >= 0.3 is 0 Å². The molecule has 3 nitrogen and oxygen atoms in total. The van der Waals surface area contributed by atoms with Crippen molar-refractivity contribution in [3.63, 3.8) is 0 Å². The molecule has 2 rings (SSSR count). The average Bonchev–Trinajstić information content (AvgIpc) is 2.41. The Labute approximate surface area is 110 Å². The molecule has 1 aliphatic heterocycles. The van der Waals surface area contributed by atoms with Gasteiger partial charge in [-0.3, -0.25) is 4.90 Å². The first-order chi connectivity index (χ1) is 8.88. The Kier molecular flexibility index (Phi) is 5.65. The van der Waals surface area contributed by atoms with Gasteiger partial charge in [0.05, 0.1) is 19.3 Å². The van der Waals surface area contributed by atoms with E-state index < -0.39 is 0 Å². The maximum atomic E-state index is 5.73. The minimum atomic E-state index is 0.231. The lowest BCUT2D eigenvalue weighted by atomic mass is 10.2. The smallest absolute Gasteiger partial charge is 0.0935 e. The van der Waals surface area contributed by atoms with E-state index in [-0.39, 0.29) is 6.10 Å². The Morgan fingerprint density at radius 1 is 1.33 bits per heavy atom. The van der Waals surface area contributed by atoms with Gasteiger partial charge in [0.1, 0.15) is 0 Å². The van der Waals surface area contributed by atoms with E-state index in [1.807, 2.05) is 0 Å². The van der Waals surface area contributed by atoms with E-state index in [2.05, 4.69) is 42.2 Å². The van der Waals surface area contributed by atoms with Crippen LogP contribution in [0.25, 0.3) is 0 Å². The summed E-state index contributed by atoms with van der Waals surface area (Å²) in [4.78, 5) is 2.44. The first-order valence-corrected chi connectivity index (χ1v) is 6.84. The molecule has 0 aliphatic carbocycles. The molecule has 1 atom stereocenters. The monoisotopic (exact) mass is 249 g/mol. The van der Waals surface area contributed by atoms with E-state index in [0.29, 0.717) is 0 Å².